The highest BCUT2D eigenvalue weighted by atomic mass is 35.5. The summed E-state index contributed by atoms with van der Waals surface area (Å²) < 4.78 is 0. The lowest BCUT2D eigenvalue weighted by Gasteiger charge is -2.19. The summed E-state index contributed by atoms with van der Waals surface area (Å²) in [5, 5.41) is 2.15. The van der Waals surface area contributed by atoms with E-state index in [0.29, 0.717) is 0 Å². The minimum absolute atomic E-state index is 0.759. The number of halogens is 2. The third kappa shape index (κ3) is 2.25. The fraction of sp³-hybridized carbons (Fsp3) is 0.333. The van der Waals surface area contributed by atoms with E-state index in [9.17, 15) is 0 Å². The summed E-state index contributed by atoms with van der Waals surface area (Å²) in [6.07, 6.45) is 0. The number of rotatable bonds is 2. The van der Waals surface area contributed by atoms with E-state index in [1.807, 2.05) is 12.1 Å². The normalized spacial score (nSPS) is 11.7. The van der Waals surface area contributed by atoms with Gasteiger partial charge in [0.2, 0.25) is 0 Å². The second kappa shape index (κ2) is 3.82. The molecule has 0 nitrogen and oxygen atoms in total. The quantitative estimate of drug-likeness (QED) is 0.529. The first-order valence-electron chi connectivity index (χ1n) is 3.88. The summed E-state index contributed by atoms with van der Waals surface area (Å²) in [6.45, 7) is 4.51. The van der Waals surface area contributed by atoms with Crippen LogP contribution in [0.1, 0.15) is 0 Å². The topological polar surface area (TPSA) is 0 Å². The maximum absolute atomic E-state index is 5.90. The van der Waals surface area contributed by atoms with Crippen molar-refractivity contribution < 1.29 is 0 Å². The highest BCUT2D eigenvalue weighted by Crippen LogP contribution is 2.09. The van der Waals surface area contributed by atoms with Gasteiger partial charge in [-0.25, -0.2) is 0 Å². The van der Waals surface area contributed by atoms with Gasteiger partial charge in [-0.2, -0.15) is 0 Å². The molecule has 1 aromatic carbocycles. The maximum atomic E-state index is 5.90. The van der Waals surface area contributed by atoms with E-state index >= 15 is 0 Å². The van der Waals surface area contributed by atoms with Crippen LogP contribution in [0.4, 0.5) is 0 Å². The van der Waals surface area contributed by atoms with Crippen LogP contribution in [0.2, 0.25) is 18.1 Å². The monoisotopic (exact) mass is 218 g/mol. The summed E-state index contributed by atoms with van der Waals surface area (Å²) >= 11 is 11.7. The molecule has 0 bridgehead atoms. The fourth-order valence-electron chi connectivity index (χ4n) is 0.978. The van der Waals surface area contributed by atoms with Crippen LogP contribution >= 0.6 is 23.2 Å². The minimum atomic E-state index is -1.37. The maximum Gasteiger partial charge on any atom is 0.0959 e. The molecule has 0 aliphatic carbocycles. The molecule has 0 saturated heterocycles. The molecular formula is C9H12Cl2Si. The average Bonchev–Trinajstić information content (AvgIpc) is 2.05. The molecule has 12 heavy (non-hydrogen) atoms. The smallest absolute Gasteiger partial charge is 0.0959 e. The van der Waals surface area contributed by atoms with Crippen LogP contribution < -0.4 is 5.19 Å². The summed E-state index contributed by atoms with van der Waals surface area (Å²) in [5.74, 6) is 0. The van der Waals surface area contributed by atoms with E-state index in [2.05, 4.69) is 25.2 Å². The lowest BCUT2D eigenvalue weighted by atomic mass is 10.4. The second-order valence-electron chi connectivity index (χ2n) is 3.52. The van der Waals surface area contributed by atoms with Gasteiger partial charge in [-0.3, -0.25) is 0 Å². The van der Waals surface area contributed by atoms with Gasteiger partial charge >= 0.3 is 0 Å². The third-order valence-electron chi connectivity index (χ3n) is 1.96. The van der Waals surface area contributed by atoms with E-state index in [0.717, 1.165) is 10.5 Å². The number of alkyl halides is 1. The Bertz CT molecular complexity index is 254. The van der Waals surface area contributed by atoms with Gasteiger partial charge in [-0.05, 0) is 12.1 Å². The number of hydrogen-bond acceptors (Lipinski definition) is 0. The van der Waals surface area contributed by atoms with Crippen molar-refractivity contribution in [2.24, 2.45) is 0 Å². The lowest BCUT2D eigenvalue weighted by molar-refractivity contribution is 1.66. The molecular weight excluding hydrogens is 207 g/mol. The SMILES string of the molecule is C[Si](C)(CCl)c1ccc(Cl)cc1. The van der Waals surface area contributed by atoms with E-state index in [1.165, 1.54) is 5.19 Å². The van der Waals surface area contributed by atoms with Crippen molar-refractivity contribution >= 4 is 36.5 Å². The molecule has 0 radical (unpaired) electrons. The molecule has 0 spiro atoms. The standard InChI is InChI=1S/C9H12Cl2Si/c1-12(2,7-10)9-5-3-8(11)4-6-9/h3-6H,7H2,1-2H3. The van der Waals surface area contributed by atoms with Crippen molar-refractivity contribution in [3.8, 4) is 0 Å². The van der Waals surface area contributed by atoms with Gasteiger partial charge in [0.15, 0.2) is 0 Å². The number of benzene rings is 1. The van der Waals surface area contributed by atoms with Gasteiger partial charge in [-0.1, -0.05) is 42.0 Å². The first-order valence-corrected chi connectivity index (χ1v) is 8.00. The Morgan fingerprint density at radius 1 is 1.17 bits per heavy atom. The molecule has 0 aliphatic heterocycles. The van der Waals surface area contributed by atoms with Crippen LogP contribution in [-0.2, 0) is 0 Å². The van der Waals surface area contributed by atoms with E-state index in [1.54, 1.807) is 0 Å². The molecule has 1 aromatic rings. The van der Waals surface area contributed by atoms with Gasteiger partial charge in [0.1, 0.15) is 0 Å². The second-order valence-corrected chi connectivity index (χ2v) is 9.38. The molecule has 0 heterocycles. The molecule has 66 valence electrons. The van der Waals surface area contributed by atoms with Crippen molar-refractivity contribution in [3.05, 3.63) is 29.3 Å². The Kier molecular flexibility index (Phi) is 3.21. The molecule has 0 aliphatic rings. The summed E-state index contributed by atoms with van der Waals surface area (Å²) in [5.41, 5.74) is 0.759. The van der Waals surface area contributed by atoms with Gasteiger partial charge in [0.25, 0.3) is 0 Å². The first-order chi connectivity index (χ1) is 5.56. The Hall–Kier alpha value is 0.0169. The van der Waals surface area contributed by atoms with Gasteiger partial charge in [0.05, 0.1) is 8.07 Å². The van der Waals surface area contributed by atoms with Gasteiger partial charge < -0.3 is 0 Å². The largest absolute Gasteiger partial charge is 0.130 e. The zero-order chi connectivity index (χ0) is 9.19. The average molecular weight is 219 g/mol. The van der Waals surface area contributed by atoms with Crippen LogP contribution in [0.3, 0.4) is 0 Å². The van der Waals surface area contributed by atoms with Crippen LogP contribution in [0.25, 0.3) is 0 Å². The van der Waals surface area contributed by atoms with Crippen molar-refractivity contribution in [1.82, 2.24) is 0 Å². The summed E-state index contributed by atoms with van der Waals surface area (Å²) in [6, 6.07) is 8.02. The van der Waals surface area contributed by atoms with Gasteiger partial charge in [-0.15, -0.1) is 11.6 Å². The van der Waals surface area contributed by atoms with Crippen LogP contribution in [0, 0.1) is 0 Å². The van der Waals surface area contributed by atoms with Crippen molar-refractivity contribution in [2.45, 2.75) is 13.1 Å². The fourth-order valence-corrected chi connectivity index (χ4v) is 2.79. The predicted molar refractivity (Wildman–Crippen MR) is 59.3 cm³/mol. The molecule has 0 N–H and O–H groups in total. The van der Waals surface area contributed by atoms with Crippen LogP contribution in [0.15, 0.2) is 24.3 Å². The summed E-state index contributed by atoms with van der Waals surface area (Å²) in [4.78, 5) is 0. The zero-order valence-corrected chi connectivity index (χ0v) is 9.78. The zero-order valence-electron chi connectivity index (χ0n) is 7.27. The van der Waals surface area contributed by atoms with Gasteiger partial charge in [0, 0.05) is 10.5 Å². The molecule has 0 fully saturated rings. The molecule has 3 heteroatoms. The molecule has 0 unspecified atom stereocenters. The first kappa shape index (κ1) is 10.1. The van der Waals surface area contributed by atoms with E-state index < -0.39 is 8.07 Å². The highest BCUT2D eigenvalue weighted by molar-refractivity contribution is 6.94. The molecule has 0 saturated carbocycles. The Balaban J connectivity index is 2.96. The van der Waals surface area contributed by atoms with Crippen molar-refractivity contribution in [1.29, 1.82) is 0 Å². The summed E-state index contributed by atoms with van der Waals surface area (Å²) in [7, 11) is -1.37. The molecule has 1 rings (SSSR count). The van der Waals surface area contributed by atoms with Crippen molar-refractivity contribution in [3.63, 3.8) is 0 Å². The third-order valence-corrected chi connectivity index (χ3v) is 6.78. The highest BCUT2D eigenvalue weighted by Gasteiger charge is 2.21. The lowest BCUT2D eigenvalue weighted by Crippen LogP contribution is -2.43. The minimum Gasteiger partial charge on any atom is -0.130 e. The van der Waals surface area contributed by atoms with Crippen molar-refractivity contribution in [2.75, 3.05) is 5.50 Å². The molecule has 0 aromatic heterocycles. The Morgan fingerprint density at radius 2 is 1.67 bits per heavy atom. The Morgan fingerprint density at radius 3 is 2.08 bits per heavy atom. The Labute approximate surface area is 84.5 Å². The molecule has 0 amide bonds. The van der Waals surface area contributed by atoms with E-state index in [4.69, 9.17) is 23.2 Å². The van der Waals surface area contributed by atoms with Crippen LogP contribution in [0.5, 0.6) is 0 Å². The van der Waals surface area contributed by atoms with E-state index in [-0.39, 0.29) is 0 Å². The predicted octanol–water partition coefficient (Wildman–Crippen LogP) is 3.03. The molecule has 0 atom stereocenters. The van der Waals surface area contributed by atoms with Crippen LogP contribution in [-0.4, -0.2) is 13.6 Å². The number of hydrogen-bond donors (Lipinski definition) is 0.